The van der Waals surface area contributed by atoms with Crippen LogP contribution >= 0.6 is 0 Å². The normalized spacial score (nSPS) is 18.5. The fourth-order valence-corrected chi connectivity index (χ4v) is 4.81. The maximum Gasteiger partial charge on any atom is 0.115 e. The molecule has 1 saturated heterocycles. The number of hydrogen-bond donors (Lipinski definition) is 3. The van der Waals surface area contributed by atoms with Gasteiger partial charge in [0.25, 0.3) is 0 Å². The fraction of sp³-hybridized carbons (Fsp3) is 0.407. The molecule has 0 bridgehead atoms. The Morgan fingerprint density at radius 1 is 1.00 bits per heavy atom. The predicted octanol–water partition coefficient (Wildman–Crippen LogP) is 4.48. The van der Waals surface area contributed by atoms with E-state index >= 15 is 0 Å². The lowest BCUT2D eigenvalue weighted by atomic mass is 9.93. The van der Waals surface area contributed by atoms with Gasteiger partial charge in [0.2, 0.25) is 0 Å². The molecular weight excluding hydrogens is 384 g/mol. The maximum absolute atomic E-state index is 11.0. The summed E-state index contributed by atoms with van der Waals surface area (Å²) in [6.45, 7) is 6.72. The van der Waals surface area contributed by atoms with Gasteiger partial charge in [-0.2, -0.15) is 0 Å². The van der Waals surface area contributed by atoms with Crippen LogP contribution < -0.4 is 5.32 Å². The van der Waals surface area contributed by atoms with Crippen molar-refractivity contribution in [1.82, 2.24) is 10.2 Å². The summed E-state index contributed by atoms with van der Waals surface area (Å²) in [5.74, 6) is 0.297. The van der Waals surface area contributed by atoms with E-state index in [1.54, 1.807) is 6.07 Å². The van der Waals surface area contributed by atoms with Crippen LogP contribution in [0.5, 0.6) is 5.75 Å². The molecule has 31 heavy (non-hydrogen) atoms. The summed E-state index contributed by atoms with van der Waals surface area (Å²) in [6, 6.07) is 22.7. The quantitative estimate of drug-likeness (QED) is 0.505. The van der Waals surface area contributed by atoms with E-state index in [1.807, 2.05) is 18.2 Å². The highest BCUT2D eigenvalue weighted by Crippen LogP contribution is 2.25. The third-order valence-corrected chi connectivity index (χ3v) is 6.40. The molecule has 2 atom stereocenters. The molecule has 0 aliphatic carbocycles. The summed E-state index contributed by atoms with van der Waals surface area (Å²) >= 11 is 0. The van der Waals surface area contributed by atoms with Crippen molar-refractivity contribution in [1.29, 1.82) is 0 Å². The SMILES string of the molecule is CC(C)(Cc1ccc2ccccc2c1)NC[C@@H](O)[C@H]1CCCN1Cc1cccc(O)c1. The lowest BCUT2D eigenvalue weighted by Crippen LogP contribution is -2.50. The van der Waals surface area contributed by atoms with Crippen LogP contribution in [0.1, 0.15) is 37.8 Å². The van der Waals surface area contributed by atoms with Crippen molar-refractivity contribution in [2.24, 2.45) is 0 Å². The first-order chi connectivity index (χ1) is 14.9. The van der Waals surface area contributed by atoms with E-state index < -0.39 is 6.10 Å². The lowest BCUT2D eigenvalue weighted by Gasteiger charge is -2.33. The van der Waals surface area contributed by atoms with E-state index in [1.165, 1.54) is 16.3 Å². The Balaban J connectivity index is 1.34. The van der Waals surface area contributed by atoms with Gasteiger partial charge in [0.05, 0.1) is 6.10 Å². The Morgan fingerprint density at radius 3 is 2.61 bits per heavy atom. The molecule has 3 N–H and O–H groups in total. The number of likely N-dealkylation sites (tertiary alicyclic amines) is 1. The molecule has 0 unspecified atom stereocenters. The second-order valence-corrected chi connectivity index (χ2v) is 9.54. The van der Waals surface area contributed by atoms with E-state index in [9.17, 15) is 10.2 Å². The largest absolute Gasteiger partial charge is 0.508 e. The second kappa shape index (κ2) is 9.39. The van der Waals surface area contributed by atoms with E-state index in [-0.39, 0.29) is 11.6 Å². The standard InChI is InChI=1S/C27H34N2O2/c1-27(2,17-20-12-13-22-8-3-4-9-23(22)15-20)28-18-26(31)25-11-6-14-29(25)19-21-7-5-10-24(30)16-21/h3-5,7-10,12-13,15-16,25-26,28,30-31H,6,11,14,17-19H2,1-2H3/t25-,26-/m1/s1. The first-order valence-corrected chi connectivity index (χ1v) is 11.3. The third kappa shape index (κ3) is 5.65. The van der Waals surface area contributed by atoms with Crippen molar-refractivity contribution in [2.75, 3.05) is 13.1 Å². The molecule has 0 aromatic heterocycles. The van der Waals surface area contributed by atoms with Gasteiger partial charge in [-0.25, -0.2) is 0 Å². The number of fused-ring (bicyclic) bond motifs is 1. The fourth-order valence-electron chi connectivity index (χ4n) is 4.81. The number of benzene rings is 3. The number of aliphatic hydroxyl groups is 1. The summed E-state index contributed by atoms with van der Waals surface area (Å²) in [4.78, 5) is 2.34. The van der Waals surface area contributed by atoms with Crippen molar-refractivity contribution in [3.63, 3.8) is 0 Å². The van der Waals surface area contributed by atoms with Crippen LogP contribution in [0, 0.1) is 0 Å². The van der Waals surface area contributed by atoms with Gasteiger partial charge in [-0.05, 0) is 73.7 Å². The van der Waals surface area contributed by atoms with E-state index in [0.717, 1.165) is 37.9 Å². The average molecular weight is 419 g/mol. The molecule has 164 valence electrons. The zero-order chi connectivity index (χ0) is 21.8. The number of rotatable bonds is 8. The molecule has 1 heterocycles. The summed E-state index contributed by atoms with van der Waals surface area (Å²) in [6.07, 6.45) is 2.59. The highest BCUT2D eigenvalue weighted by atomic mass is 16.3. The number of aromatic hydroxyl groups is 1. The number of phenolic OH excluding ortho intramolecular Hbond substituents is 1. The molecule has 1 aliphatic heterocycles. The zero-order valence-corrected chi connectivity index (χ0v) is 18.6. The van der Waals surface area contributed by atoms with Crippen LogP contribution in [-0.2, 0) is 13.0 Å². The minimum Gasteiger partial charge on any atom is -0.508 e. The van der Waals surface area contributed by atoms with Gasteiger partial charge < -0.3 is 15.5 Å². The Bertz CT molecular complexity index is 1020. The van der Waals surface area contributed by atoms with Gasteiger partial charge in [0.1, 0.15) is 5.75 Å². The number of phenols is 1. The predicted molar refractivity (Wildman–Crippen MR) is 127 cm³/mol. The number of β-amino-alcohol motifs (C(OH)–C–C–N with tert-alkyl or cyclic N) is 1. The molecule has 0 saturated carbocycles. The lowest BCUT2D eigenvalue weighted by molar-refractivity contribution is 0.0633. The van der Waals surface area contributed by atoms with Crippen LogP contribution in [-0.4, -0.2) is 45.9 Å². The van der Waals surface area contributed by atoms with Crippen molar-refractivity contribution in [3.8, 4) is 5.75 Å². The smallest absolute Gasteiger partial charge is 0.115 e. The van der Waals surface area contributed by atoms with Crippen LogP contribution in [0.3, 0.4) is 0 Å². The van der Waals surface area contributed by atoms with Crippen LogP contribution in [0.15, 0.2) is 66.7 Å². The molecule has 0 radical (unpaired) electrons. The van der Waals surface area contributed by atoms with Crippen LogP contribution in [0.4, 0.5) is 0 Å². The summed E-state index contributed by atoms with van der Waals surface area (Å²) < 4.78 is 0. The van der Waals surface area contributed by atoms with Gasteiger partial charge in [0.15, 0.2) is 0 Å². The van der Waals surface area contributed by atoms with Gasteiger partial charge in [0, 0.05) is 24.7 Å². The minimum absolute atomic E-state index is 0.113. The number of hydrogen-bond acceptors (Lipinski definition) is 4. The molecule has 0 amide bonds. The van der Waals surface area contributed by atoms with Crippen molar-refractivity contribution < 1.29 is 10.2 Å². The topological polar surface area (TPSA) is 55.7 Å². The summed E-state index contributed by atoms with van der Waals surface area (Å²) in [5, 5.41) is 26.8. The first-order valence-electron chi connectivity index (χ1n) is 11.3. The van der Waals surface area contributed by atoms with Gasteiger partial charge in [-0.3, -0.25) is 4.90 Å². The highest BCUT2D eigenvalue weighted by Gasteiger charge is 2.31. The van der Waals surface area contributed by atoms with E-state index in [4.69, 9.17) is 0 Å². The van der Waals surface area contributed by atoms with Crippen LogP contribution in [0.2, 0.25) is 0 Å². The van der Waals surface area contributed by atoms with Crippen molar-refractivity contribution in [3.05, 3.63) is 77.9 Å². The molecule has 4 rings (SSSR count). The van der Waals surface area contributed by atoms with Gasteiger partial charge in [-0.15, -0.1) is 0 Å². The monoisotopic (exact) mass is 418 g/mol. The molecule has 0 spiro atoms. The number of nitrogens with zero attached hydrogens (tertiary/aromatic N) is 1. The summed E-state index contributed by atoms with van der Waals surface area (Å²) in [7, 11) is 0. The maximum atomic E-state index is 11.0. The zero-order valence-electron chi connectivity index (χ0n) is 18.6. The molecule has 1 aliphatic rings. The van der Waals surface area contributed by atoms with Crippen molar-refractivity contribution >= 4 is 10.8 Å². The van der Waals surface area contributed by atoms with Crippen LogP contribution in [0.25, 0.3) is 10.8 Å². The Kier molecular flexibility index (Phi) is 6.61. The number of nitrogens with one attached hydrogen (secondary N) is 1. The molecule has 4 heteroatoms. The van der Waals surface area contributed by atoms with Crippen molar-refractivity contribution in [2.45, 2.75) is 57.3 Å². The first kappa shape index (κ1) is 21.8. The van der Waals surface area contributed by atoms with E-state index in [0.29, 0.717) is 12.3 Å². The number of aliphatic hydroxyl groups excluding tert-OH is 1. The third-order valence-electron chi connectivity index (χ3n) is 6.40. The Morgan fingerprint density at radius 2 is 1.81 bits per heavy atom. The molecule has 1 fully saturated rings. The Labute approximate surface area is 185 Å². The average Bonchev–Trinajstić information content (AvgIpc) is 3.20. The molecular formula is C27H34N2O2. The highest BCUT2D eigenvalue weighted by molar-refractivity contribution is 5.83. The van der Waals surface area contributed by atoms with Gasteiger partial charge >= 0.3 is 0 Å². The molecule has 3 aromatic carbocycles. The second-order valence-electron chi connectivity index (χ2n) is 9.54. The summed E-state index contributed by atoms with van der Waals surface area (Å²) in [5.41, 5.74) is 2.28. The minimum atomic E-state index is -0.421. The Hall–Kier alpha value is -2.40. The van der Waals surface area contributed by atoms with E-state index in [2.05, 4.69) is 66.5 Å². The molecule has 4 nitrogen and oxygen atoms in total. The van der Waals surface area contributed by atoms with Gasteiger partial charge in [-0.1, -0.05) is 54.6 Å². The molecule has 3 aromatic rings.